The van der Waals surface area contributed by atoms with Gasteiger partial charge in [-0.1, -0.05) is 17.8 Å². The van der Waals surface area contributed by atoms with Gasteiger partial charge in [-0.05, 0) is 25.1 Å². The molecule has 1 fully saturated rings. The summed E-state index contributed by atoms with van der Waals surface area (Å²) in [6, 6.07) is 5.81. The molecule has 0 spiro atoms. The van der Waals surface area contributed by atoms with Gasteiger partial charge in [-0.25, -0.2) is 13.2 Å². The molecule has 1 aliphatic rings. The summed E-state index contributed by atoms with van der Waals surface area (Å²) in [5.41, 5.74) is 0.299. The van der Waals surface area contributed by atoms with Crippen molar-refractivity contribution in [2.24, 2.45) is 0 Å². The van der Waals surface area contributed by atoms with E-state index in [0.717, 1.165) is 18.0 Å². The number of ether oxygens (including phenoxy) is 1. The van der Waals surface area contributed by atoms with E-state index in [2.05, 4.69) is 5.32 Å². The summed E-state index contributed by atoms with van der Waals surface area (Å²) in [5, 5.41) is 2.89. The van der Waals surface area contributed by atoms with Crippen LogP contribution in [0.2, 0.25) is 0 Å². The van der Waals surface area contributed by atoms with E-state index in [0.29, 0.717) is 10.7 Å². The molecule has 0 saturated carbocycles. The summed E-state index contributed by atoms with van der Waals surface area (Å²) in [5.74, 6) is -1.27. The van der Waals surface area contributed by atoms with Gasteiger partial charge in [0.2, 0.25) is 11.8 Å². The molecule has 1 aromatic carbocycles. The van der Waals surface area contributed by atoms with Gasteiger partial charge in [0, 0.05) is 11.9 Å². The van der Waals surface area contributed by atoms with Crippen molar-refractivity contribution in [1.82, 2.24) is 4.90 Å². The number of esters is 1. The Morgan fingerprint density at radius 3 is 2.77 bits per heavy atom. The fraction of sp³-hybridized carbons (Fsp3) is 0.312. The van der Waals surface area contributed by atoms with Crippen LogP contribution in [-0.2, 0) is 29.0 Å². The van der Waals surface area contributed by atoms with E-state index in [4.69, 9.17) is 4.74 Å². The highest BCUT2D eigenvalue weighted by Gasteiger charge is 2.29. The molecule has 8 nitrogen and oxygen atoms in total. The molecule has 0 unspecified atom stereocenters. The van der Waals surface area contributed by atoms with Crippen LogP contribution < -0.4 is 5.32 Å². The van der Waals surface area contributed by atoms with Crippen LogP contribution in [0.4, 0.5) is 5.69 Å². The minimum Gasteiger partial charge on any atom is -0.463 e. The number of sulfone groups is 1. The third kappa shape index (κ3) is 5.33. The van der Waals surface area contributed by atoms with E-state index < -0.39 is 21.7 Å². The van der Waals surface area contributed by atoms with Crippen molar-refractivity contribution in [1.29, 1.82) is 0 Å². The van der Waals surface area contributed by atoms with Gasteiger partial charge in [0.25, 0.3) is 0 Å². The van der Waals surface area contributed by atoms with Crippen LogP contribution >= 0.6 is 11.8 Å². The van der Waals surface area contributed by atoms with Crippen molar-refractivity contribution in [3.05, 3.63) is 35.4 Å². The molecule has 0 atom stereocenters. The van der Waals surface area contributed by atoms with Crippen LogP contribution in [-0.4, -0.2) is 56.3 Å². The lowest BCUT2D eigenvalue weighted by Crippen LogP contribution is -2.34. The zero-order chi connectivity index (χ0) is 19.3. The van der Waals surface area contributed by atoms with Crippen LogP contribution in [0.1, 0.15) is 6.92 Å². The third-order valence-corrected chi connectivity index (χ3v) is 5.42. The van der Waals surface area contributed by atoms with Crippen LogP contribution in [0.3, 0.4) is 0 Å². The zero-order valence-electron chi connectivity index (χ0n) is 14.2. The molecule has 26 heavy (non-hydrogen) atoms. The minimum atomic E-state index is -3.40. The number of hydrogen-bond donors (Lipinski definition) is 1. The summed E-state index contributed by atoms with van der Waals surface area (Å²) in [4.78, 5) is 37.0. The molecule has 1 heterocycles. The number of thioether (sulfide) groups is 1. The molecule has 1 N–H and O–H groups in total. The van der Waals surface area contributed by atoms with Crippen LogP contribution in [0.5, 0.6) is 0 Å². The summed E-state index contributed by atoms with van der Waals surface area (Å²) < 4.78 is 28.0. The largest absolute Gasteiger partial charge is 0.463 e. The van der Waals surface area contributed by atoms with Gasteiger partial charge in [0.15, 0.2) is 9.84 Å². The molecule has 0 radical (unpaired) electrons. The van der Waals surface area contributed by atoms with Crippen molar-refractivity contribution >= 4 is 45.1 Å². The van der Waals surface area contributed by atoms with Crippen molar-refractivity contribution in [2.45, 2.75) is 11.8 Å². The fourth-order valence-corrected chi connectivity index (χ4v) is 3.73. The van der Waals surface area contributed by atoms with Gasteiger partial charge in [-0.2, -0.15) is 0 Å². The molecule has 1 saturated heterocycles. The Bertz CT molecular complexity index is 863. The second-order valence-corrected chi connectivity index (χ2v) is 8.36. The zero-order valence-corrected chi connectivity index (χ0v) is 15.9. The molecule has 140 valence electrons. The van der Waals surface area contributed by atoms with E-state index >= 15 is 0 Å². The average Bonchev–Trinajstić information content (AvgIpc) is 2.87. The molecule has 0 aliphatic carbocycles. The Labute approximate surface area is 155 Å². The number of nitrogens with one attached hydrogen (secondary N) is 1. The molecule has 0 aromatic heterocycles. The van der Waals surface area contributed by atoms with E-state index in [1.165, 1.54) is 29.2 Å². The predicted molar refractivity (Wildman–Crippen MR) is 97.1 cm³/mol. The predicted octanol–water partition coefficient (Wildman–Crippen LogP) is 1.01. The smallest absolute Gasteiger partial charge is 0.333 e. The molecule has 10 heteroatoms. The quantitative estimate of drug-likeness (QED) is 0.562. The molecule has 2 amide bonds. The van der Waals surface area contributed by atoms with Gasteiger partial charge < -0.3 is 10.1 Å². The Morgan fingerprint density at radius 1 is 1.38 bits per heavy atom. The average molecular weight is 398 g/mol. The van der Waals surface area contributed by atoms with Crippen LogP contribution in [0.25, 0.3) is 0 Å². The lowest BCUT2D eigenvalue weighted by Gasteiger charge is -2.16. The maximum atomic E-state index is 12.2. The summed E-state index contributed by atoms with van der Waals surface area (Å²) in [6.07, 6.45) is 2.25. The van der Waals surface area contributed by atoms with Gasteiger partial charge in [0.1, 0.15) is 6.54 Å². The van der Waals surface area contributed by atoms with Crippen LogP contribution in [0.15, 0.2) is 40.3 Å². The minimum absolute atomic E-state index is 0.0750. The topological polar surface area (TPSA) is 110 Å². The number of rotatable bonds is 6. The highest BCUT2D eigenvalue weighted by molar-refractivity contribution is 8.04. The van der Waals surface area contributed by atoms with Crippen molar-refractivity contribution in [3.63, 3.8) is 0 Å². The lowest BCUT2D eigenvalue weighted by atomic mass is 10.3. The first-order chi connectivity index (χ1) is 12.2. The molecule has 0 bridgehead atoms. The molecule has 1 aromatic rings. The summed E-state index contributed by atoms with van der Waals surface area (Å²) in [6.45, 7) is 1.58. The number of anilines is 1. The first-order valence-corrected chi connectivity index (χ1v) is 10.5. The van der Waals surface area contributed by atoms with E-state index in [1.54, 1.807) is 13.0 Å². The number of nitrogens with zero attached hydrogens (tertiary/aromatic N) is 1. The molecular formula is C16H18N2O6S2. The van der Waals surface area contributed by atoms with E-state index in [1.807, 2.05) is 0 Å². The second-order valence-electron chi connectivity index (χ2n) is 5.35. The van der Waals surface area contributed by atoms with E-state index in [-0.39, 0.29) is 29.7 Å². The SMILES string of the molecule is CCOC(=O)/C=C1\SCC(=O)N1CC(=O)Nc1cccc(S(C)(=O)=O)c1. The number of carbonyl (C=O) groups is 3. The Hall–Kier alpha value is -2.33. The highest BCUT2D eigenvalue weighted by atomic mass is 32.2. The highest BCUT2D eigenvalue weighted by Crippen LogP contribution is 2.28. The standard InChI is InChI=1S/C16H18N2O6S2/c1-3-24-16(21)8-15-18(14(20)10-25-15)9-13(19)17-11-5-4-6-12(7-11)26(2,22)23/h4-8H,3,9-10H2,1-2H3,(H,17,19)/b15-8-. The van der Waals surface area contributed by atoms with Crippen LogP contribution in [0, 0.1) is 0 Å². The van der Waals surface area contributed by atoms with E-state index in [9.17, 15) is 22.8 Å². The fourth-order valence-electron chi connectivity index (χ4n) is 2.13. The molecular weight excluding hydrogens is 380 g/mol. The molecule has 2 rings (SSSR count). The van der Waals surface area contributed by atoms with Crippen molar-refractivity contribution in [2.75, 3.05) is 30.5 Å². The number of hydrogen-bond acceptors (Lipinski definition) is 7. The lowest BCUT2D eigenvalue weighted by molar-refractivity contribution is -0.137. The number of benzene rings is 1. The Morgan fingerprint density at radius 2 is 2.12 bits per heavy atom. The third-order valence-electron chi connectivity index (χ3n) is 3.29. The van der Waals surface area contributed by atoms with Crippen molar-refractivity contribution in [3.8, 4) is 0 Å². The normalized spacial score (nSPS) is 16.0. The summed E-state index contributed by atoms with van der Waals surface area (Å²) >= 11 is 1.14. The Balaban J connectivity index is 2.08. The maximum absolute atomic E-state index is 12.2. The monoisotopic (exact) mass is 398 g/mol. The van der Waals surface area contributed by atoms with Gasteiger partial charge in [-0.3, -0.25) is 14.5 Å². The first kappa shape index (κ1) is 20.0. The number of carbonyl (C=O) groups excluding carboxylic acids is 3. The maximum Gasteiger partial charge on any atom is 0.333 e. The van der Waals surface area contributed by atoms with Gasteiger partial charge in [-0.15, -0.1) is 0 Å². The summed E-state index contributed by atoms with van der Waals surface area (Å²) in [7, 11) is -3.40. The van der Waals surface area contributed by atoms with Crippen molar-refractivity contribution < 1.29 is 27.5 Å². The second kappa shape index (κ2) is 8.37. The van der Waals surface area contributed by atoms with Gasteiger partial charge >= 0.3 is 5.97 Å². The van der Waals surface area contributed by atoms with Gasteiger partial charge in [0.05, 0.1) is 28.4 Å². The first-order valence-electron chi connectivity index (χ1n) is 7.62. The Kier molecular flexibility index (Phi) is 6.43. The number of amides is 2. The molecule has 1 aliphatic heterocycles.